The second-order valence-corrected chi connectivity index (χ2v) is 6.43. The van der Waals surface area contributed by atoms with Gasteiger partial charge in [-0.3, -0.25) is 9.89 Å². The Bertz CT molecular complexity index is 370. The van der Waals surface area contributed by atoms with E-state index in [0.29, 0.717) is 19.6 Å². The molecule has 0 aliphatic carbocycles. The summed E-state index contributed by atoms with van der Waals surface area (Å²) in [5.74, 6) is 0.723. The zero-order chi connectivity index (χ0) is 15.4. The summed E-state index contributed by atoms with van der Waals surface area (Å²) in [5, 5.41) is 12.7. The second-order valence-electron chi connectivity index (χ2n) is 6.43. The lowest BCUT2D eigenvalue weighted by atomic mass is 10.00. The van der Waals surface area contributed by atoms with Gasteiger partial charge in [-0.2, -0.15) is 0 Å². The molecule has 2 N–H and O–H groups in total. The number of nitrogens with zero attached hydrogens (tertiary/aromatic N) is 2. The molecule has 0 saturated carbocycles. The maximum Gasteiger partial charge on any atom is 0.410 e. The third-order valence-electron chi connectivity index (χ3n) is 3.24. The van der Waals surface area contributed by atoms with E-state index in [-0.39, 0.29) is 12.7 Å². The molecule has 1 rings (SSSR count). The molecule has 1 heterocycles. The van der Waals surface area contributed by atoms with Crippen molar-refractivity contribution >= 4 is 11.9 Å². The molecule has 1 aliphatic heterocycles. The molecule has 0 saturated heterocycles. The van der Waals surface area contributed by atoms with Crippen LogP contribution in [0, 0.1) is 0 Å². The van der Waals surface area contributed by atoms with Crippen molar-refractivity contribution in [2.45, 2.75) is 52.2 Å². The van der Waals surface area contributed by atoms with Crippen molar-refractivity contribution in [3.05, 3.63) is 0 Å². The van der Waals surface area contributed by atoms with E-state index in [2.05, 4.69) is 10.3 Å². The summed E-state index contributed by atoms with van der Waals surface area (Å²) >= 11 is 0. The van der Waals surface area contributed by atoms with Crippen LogP contribution in [-0.2, 0) is 4.74 Å². The Kier molecular flexibility index (Phi) is 5.39. The van der Waals surface area contributed by atoms with Gasteiger partial charge in [0.05, 0.1) is 25.2 Å². The molecule has 1 aliphatic rings. The maximum atomic E-state index is 12.0. The van der Waals surface area contributed by atoms with Crippen molar-refractivity contribution < 1.29 is 14.6 Å². The van der Waals surface area contributed by atoms with Gasteiger partial charge in [0.15, 0.2) is 0 Å². The molecule has 0 aromatic rings. The molecule has 0 spiro atoms. The number of hydrogen-bond acceptors (Lipinski definition) is 5. The topological polar surface area (TPSA) is 74.2 Å². The van der Waals surface area contributed by atoms with Gasteiger partial charge in [0.25, 0.3) is 0 Å². The Balaban J connectivity index is 2.62. The number of carbonyl (C=O) groups is 1. The first-order valence-electron chi connectivity index (χ1n) is 7.09. The average Bonchev–Trinajstić information content (AvgIpc) is 2.37. The van der Waals surface area contributed by atoms with E-state index < -0.39 is 11.1 Å². The molecular formula is C14H27N3O3. The molecule has 0 bridgehead atoms. The van der Waals surface area contributed by atoms with Crippen molar-refractivity contribution in [2.24, 2.45) is 4.99 Å². The first-order chi connectivity index (χ1) is 9.19. The van der Waals surface area contributed by atoms with Gasteiger partial charge in [0.2, 0.25) is 0 Å². The minimum absolute atomic E-state index is 0.0228. The molecule has 116 valence electrons. The molecule has 6 heteroatoms. The summed E-state index contributed by atoms with van der Waals surface area (Å²) in [5.41, 5.74) is -0.905. The number of aliphatic hydroxyl groups is 1. The first-order valence-corrected chi connectivity index (χ1v) is 7.09. The normalized spacial score (nSPS) is 19.1. The van der Waals surface area contributed by atoms with Gasteiger partial charge in [-0.1, -0.05) is 6.92 Å². The highest BCUT2D eigenvalue weighted by Crippen LogP contribution is 2.13. The fraction of sp³-hybridized carbons (Fsp3) is 0.857. The third kappa shape index (κ3) is 5.00. The van der Waals surface area contributed by atoms with Gasteiger partial charge >= 0.3 is 6.09 Å². The standard InChI is InChI=1S/C14H27N3O3/c1-6-14(5,10-18)16-11-9-17(8-7-15-11)12(19)20-13(2,3)4/h18H,6-10H2,1-5H3,(H,15,16). The number of amidine groups is 1. The zero-order valence-electron chi connectivity index (χ0n) is 13.2. The number of aliphatic imine (C=N–C) groups is 1. The smallest absolute Gasteiger partial charge is 0.410 e. The molecule has 1 amide bonds. The van der Waals surface area contributed by atoms with Gasteiger partial charge < -0.3 is 15.2 Å². The van der Waals surface area contributed by atoms with Gasteiger partial charge in [-0.15, -0.1) is 0 Å². The lowest BCUT2D eigenvalue weighted by molar-refractivity contribution is 0.0275. The number of carbonyl (C=O) groups excluding carboxylic acids is 1. The van der Waals surface area contributed by atoms with Crippen LogP contribution in [0.15, 0.2) is 4.99 Å². The highest BCUT2D eigenvalue weighted by molar-refractivity contribution is 5.88. The van der Waals surface area contributed by atoms with Crippen molar-refractivity contribution in [1.82, 2.24) is 10.2 Å². The Morgan fingerprint density at radius 2 is 2.10 bits per heavy atom. The van der Waals surface area contributed by atoms with E-state index in [1.54, 1.807) is 4.90 Å². The summed E-state index contributed by atoms with van der Waals surface area (Å²) < 4.78 is 5.36. The summed E-state index contributed by atoms with van der Waals surface area (Å²) in [6, 6.07) is 0. The fourth-order valence-corrected chi connectivity index (χ4v) is 1.76. The van der Waals surface area contributed by atoms with E-state index in [1.807, 2.05) is 34.6 Å². The van der Waals surface area contributed by atoms with Crippen molar-refractivity contribution in [2.75, 3.05) is 26.2 Å². The quantitative estimate of drug-likeness (QED) is 0.821. The Morgan fingerprint density at radius 1 is 1.45 bits per heavy atom. The average molecular weight is 285 g/mol. The number of aliphatic hydroxyl groups excluding tert-OH is 1. The van der Waals surface area contributed by atoms with E-state index in [9.17, 15) is 9.90 Å². The van der Waals surface area contributed by atoms with E-state index in [0.717, 1.165) is 12.3 Å². The van der Waals surface area contributed by atoms with Crippen LogP contribution in [0.25, 0.3) is 0 Å². The van der Waals surface area contributed by atoms with Crippen LogP contribution in [0.3, 0.4) is 0 Å². The first kappa shape index (κ1) is 16.8. The predicted molar refractivity (Wildman–Crippen MR) is 79.0 cm³/mol. The highest BCUT2D eigenvalue weighted by Gasteiger charge is 2.28. The Morgan fingerprint density at radius 3 is 2.60 bits per heavy atom. The van der Waals surface area contributed by atoms with Crippen LogP contribution >= 0.6 is 0 Å². The van der Waals surface area contributed by atoms with E-state index in [1.165, 1.54) is 0 Å². The van der Waals surface area contributed by atoms with Crippen LogP contribution in [0.1, 0.15) is 41.0 Å². The van der Waals surface area contributed by atoms with Crippen LogP contribution in [-0.4, -0.2) is 59.3 Å². The highest BCUT2D eigenvalue weighted by atomic mass is 16.6. The summed E-state index contributed by atoms with van der Waals surface area (Å²) in [7, 11) is 0. The van der Waals surface area contributed by atoms with Crippen LogP contribution < -0.4 is 5.32 Å². The SMILES string of the molecule is CCC(C)(CO)NC1=NCCN(C(=O)OC(C)(C)C)C1. The molecule has 0 aromatic carbocycles. The molecule has 0 fully saturated rings. The zero-order valence-corrected chi connectivity index (χ0v) is 13.2. The third-order valence-corrected chi connectivity index (χ3v) is 3.24. The number of rotatable bonds is 3. The van der Waals surface area contributed by atoms with Gasteiger partial charge in [-0.05, 0) is 34.1 Å². The lowest BCUT2D eigenvalue weighted by Crippen LogP contribution is -2.54. The Labute approximate surface area is 121 Å². The van der Waals surface area contributed by atoms with Gasteiger partial charge in [0.1, 0.15) is 11.4 Å². The van der Waals surface area contributed by atoms with Crippen molar-refractivity contribution in [3.8, 4) is 0 Å². The molecule has 1 unspecified atom stereocenters. The van der Waals surface area contributed by atoms with Crippen LogP contribution in [0.4, 0.5) is 4.79 Å². The number of amides is 1. The summed E-state index contributed by atoms with van der Waals surface area (Å²) in [4.78, 5) is 18.1. The maximum absolute atomic E-state index is 12.0. The summed E-state index contributed by atoms with van der Waals surface area (Å²) in [6.07, 6.45) is 0.448. The van der Waals surface area contributed by atoms with Crippen molar-refractivity contribution in [3.63, 3.8) is 0 Å². The molecule has 0 aromatic heterocycles. The number of hydrogen-bond donors (Lipinski definition) is 2. The summed E-state index contributed by atoms with van der Waals surface area (Å²) in [6.45, 7) is 11.0. The second kappa shape index (κ2) is 6.43. The number of nitrogens with one attached hydrogen (secondary N) is 1. The minimum Gasteiger partial charge on any atom is -0.444 e. The Hall–Kier alpha value is -1.30. The van der Waals surface area contributed by atoms with Gasteiger partial charge in [0, 0.05) is 6.54 Å². The fourth-order valence-electron chi connectivity index (χ4n) is 1.76. The minimum atomic E-state index is -0.498. The van der Waals surface area contributed by atoms with Crippen molar-refractivity contribution in [1.29, 1.82) is 0 Å². The lowest BCUT2D eigenvalue weighted by Gasteiger charge is -2.34. The van der Waals surface area contributed by atoms with Crippen LogP contribution in [0.5, 0.6) is 0 Å². The van der Waals surface area contributed by atoms with E-state index in [4.69, 9.17) is 4.74 Å². The molecule has 1 atom stereocenters. The monoisotopic (exact) mass is 285 g/mol. The molecule has 20 heavy (non-hydrogen) atoms. The number of ether oxygens (including phenoxy) is 1. The largest absolute Gasteiger partial charge is 0.444 e. The predicted octanol–water partition coefficient (Wildman–Crippen LogP) is 1.39. The molecule has 6 nitrogen and oxygen atoms in total. The molecular weight excluding hydrogens is 258 g/mol. The van der Waals surface area contributed by atoms with Gasteiger partial charge in [-0.25, -0.2) is 4.79 Å². The van der Waals surface area contributed by atoms with E-state index >= 15 is 0 Å². The molecule has 0 radical (unpaired) electrons. The van der Waals surface area contributed by atoms with Crippen LogP contribution in [0.2, 0.25) is 0 Å².